The van der Waals surface area contributed by atoms with Crippen LogP contribution in [0.15, 0.2) is 42.6 Å². The van der Waals surface area contributed by atoms with Gasteiger partial charge in [0.05, 0.1) is 0 Å². The Morgan fingerprint density at radius 1 is 1.13 bits per heavy atom. The summed E-state index contributed by atoms with van der Waals surface area (Å²) in [6.07, 6.45) is -0.439. The molecule has 1 aromatic carbocycles. The maximum Gasteiger partial charge on any atom is 0.433 e. The quantitative estimate of drug-likeness (QED) is 0.754. The molecule has 5 nitrogen and oxygen atoms in total. The first-order chi connectivity index (χ1) is 14.4. The molecule has 0 spiro atoms. The van der Waals surface area contributed by atoms with Gasteiger partial charge in [0.2, 0.25) is 0 Å². The van der Waals surface area contributed by atoms with Crippen molar-refractivity contribution in [2.24, 2.45) is 0 Å². The number of fused-ring (bicyclic) bond motifs is 1. The average molecular weight is 455 g/mol. The summed E-state index contributed by atoms with van der Waals surface area (Å²) in [5.74, 6) is 0. The lowest BCUT2D eigenvalue weighted by molar-refractivity contribution is -0.141. The van der Waals surface area contributed by atoms with Crippen LogP contribution in [-0.4, -0.2) is 46.5 Å². The van der Waals surface area contributed by atoms with Gasteiger partial charge in [-0.3, -0.25) is 9.88 Å². The van der Waals surface area contributed by atoms with Gasteiger partial charge in [0.15, 0.2) is 0 Å². The Hall–Kier alpha value is -2.32. The first-order valence-electron chi connectivity index (χ1n) is 10.3. The van der Waals surface area contributed by atoms with E-state index in [1.165, 1.54) is 23.4 Å². The minimum Gasteiger partial charge on any atom is -0.334 e. The van der Waals surface area contributed by atoms with Gasteiger partial charge in [-0.1, -0.05) is 30.3 Å². The fourth-order valence-corrected chi connectivity index (χ4v) is 4.20. The number of carbonyl (C=O) groups excluding carboxylic acids is 1. The van der Waals surface area contributed by atoms with Crippen LogP contribution >= 0.6 is 12.4 Å². The minimum atomic E-state index is -4.42. The monoisotopic (exact) mass is 454 g/mol. The summed E-state index contributed by atoms with van der Waals surface area (Å²) >= 11 is 0. The smallest absolute Gasteiger partial charge is 0.334 e. The zero-order valence-electron chi connectivity index (χ0n) is 17.1. The van der Waals surface area contributed by atoms with Crippen LogP contribution in [0.2, 0.25) is 0 Å². The molecule has 1 atom stereocenters. The summed E-state index contributed by atoms with van der Waals surface area (Å²) in [6, 6.07) is 10.7. The van der Waals surface area contributed by atoms with Crippen LogP contribution in [0.5, 0.6) is 0 Å². The molecule has 2 aliphatic heterocycles. The van der Waals surface area contributed by atoms with E-state index in [2.05, 4.69) is 27.3 Å². The van der Waals surface area contributed by atoms with Gasteiger partial charge in [0.1, 0.15) is 5.69 Å². The summed E-state index contributed by atoms with van der Waals surface area (Å²) in [4.78, 5) is 20.3. The summed E-state index contributed by atoms with van der Waals surface area (Å²) in [6.45, 7) is 3.38. The molecule has 1 aromatic heterocycles. The van der Waals surface area contributed by atoms with E-state index in [-0.39, 0.29) is 24.5 Å². The normalized spacial score (nSPS) is 19.3. The highest BCUT2D eigenvalue weighted by atomic mass is 35.5. The third-order valence-electron chi connectivity index (χ3n) is 5.77. The highest BCUT2D eigenvalue weighted by Crippen LogP contribution is 2.27. The predicted molar refractivity (Wildman–Crippen MR) is 114 cm³/mol. The molecule has 0 radical (unpaired) electrons. The van der Waals surface area contributed by atoms with E-state index in [1.807, 2.05) is 17.0 Å². The number of carbonyl (C=O) groups is 1. The Morgan fingerprint density at radius 2 is 1.90 bits per heavy atom. The van der Waals surface area contributed by atoms with Gasteiger partial charge in [-0.15, -0.1) is 12.4 Å². The van der Waals surface area contributed by atoms with Gasteiger partial charge >= 0.3 is 12.2 Å². The molecular formula is C22H26ClF3N4O. The van der Waals surface area contributed by atoms with Crippen molar-refractivity contribution in [2.45, 2.75) is 44.6 Å². The number of rotatable bonds is 3. The molecule has 1 N–H and O–H groups in total. The number of aromatic nitrogens is 1. The number of hydrogen-bond acceptors (Lipinski definition) is 3. The van der Waals surface area contributed by atoms with Crippen LogP contribution in [0.25, 0.3) is 0 Å². The molecule has 2 aromatic rings. The molecule has 4 rings (SSSR count). The molecule has 2 amide bonds. The molecule has 2 aliphatic rings. The number of piperidine rings is 1. The van der Waals surface area contributed by atoms with Gasteiger partial charge in [-0.25, -0.2) is 4.79 Å². The average Bonchev–Trinajstić information content (AvgIpc) is 2.73. The van der Waals surface area contributed by atoms with Crippen molar-refractivity contribution in [3.05, 3.63) is 65.0 Å². The van der Waals surface area contributed by atoms with Crippen LogP contribution in [0.1, 0.15) is 35.2 Å². The fourth-order valence-electron chi connectivity index (χ4n) is 4.20. The largest absolute Gasteiger partial charge is 0.433 e. The second-order valence-corrected chi connectivity index (χ2v) is 8.01. The van der Waals surface area contributed by atoms with Gasteiger partial charge in [-0.2, -0.15) is 13.2 Å². The standard InChI is InChI=1S/C22H25F3N4O.ClH/c23-22(24,25)20-8-7-16(12-26-20)13-28-10-3-6-19(15-28)27-21(30)29-11-9-17-4-1-2-5-18(17)14-29;/h1-2,4-5,7-8,12,19H,3,6,9-11,13-15H2,(H,27,30);1H. The van der Waals surface area contributed by atoms with E-state index in [0.717, 1.165) is 37.4 Å². The lowest BCUT2D eigenvalue weighted by atomic mass is 10.00. The molecule has 1 saturated heterocycles. The van der Waals surface area contributed by atoms with Crippen molar-refractivity contribution in [1.82, 2.24) is 20.1 Å². The molecule has 9 heteroatoms. The first-order valence-corrected chi connectivity index (χ1v) is 10.3. The number of alkyl halides is 3. The van der Waals surface area contributed by atoms with E-state index >= 15 is 0 Å². The van der Waals surface area contributed by atoms with Crippen LogP contribution in [-0.2, 0) is 25.7 Å². The van der Waals surface area contributed by atoms with Gasteiger partial charge in [0.25, 0.3) is 0 Å². The Balaban J connectivity index is 0.00000272. The predicted octanol–water partition coefficient (Wildman–Crippen LogP) is 4.25. The van der Waals surface area contributed by atoms with E-state index < -0.39 is 11.9 Å². The van der Waals surface area contributed by atoms with Gasteiger partial charge in [0, 0.05) is 38.4 Å². The van der Waals surface area contributed by atoms with Crippen molar-refractivity contribution in [2.75, 3.05) is 19.6 Å². The maximum atomic E-state index is 12.8. The van der Waals surface area contributed by atoms with Crippen LogP contribution < -0.4 is 5.32 Å². The number of amides is 2. The second-order valence-electron chi connectivity index (χ2n) is 8.01. The Labute approximate surface area is 186 Å². The highest BCUT2D eigenvalue weighted by molar-refractivity contribution is 5.85. The Kier molecular flexibility index (Phi) is 7.43. The van der Waals surface area contributed by atoms with E-state index in [4.69, 9.17) is 0 Å². The molecule has 3 heterocycles. The van der Waals surface area contributed by atoms with Crippen LogP contribution in [0.3, 0.4) is 0 Å². The highest BCUT2D eigenvalue weighted by Gasteiger charge is 2.32. The number of nitrogens with zero attached hydrogens (tertiary/aromatic N) is 3. The molecule has 1 unspecified atom stereocenters. The first kappa shape index (κ1) is 23.3. The Morgan fingerprint density at radius 3 is 2.61 bits per heavy atom. The number of likely N-dealkylation sites (tertiary alicyclic amines) is 1. The summed E-state index contributed by atoms with van der Waals surface area (Å²) in [7, 11) is 0. The number of nitrogens with one attached hydrogen (secondary N) is 1. The second kappa shape index (κ2) is 9.87. The van der Waals surface area contributed by atoms with Crippen molar-refractivity contribution < 1.29 is 18.0 Å². The maximum absolute atomic E-state index is 12.8. The van der Waals surface area contributed by atoms with E-state index in [1.54, 1.807) is 0 Å². The number of urea groups is 1. The molecule has 0 aliphatic carbocycles. The Bertz CT molecular complexity index is 891. The summed E-state index contributed by atoms with van der Waals surface area (Å²) < 4.78 is 38.0. The van der Waals surface area contributed by atoms with Crippen LogP contribution in [0.4, 0.5) is 18.0 Å². The van der Waals surface area contributed by atoms with Crippen LogP contribution in [0, 0.1) is 0 Å². The zero-order valence-corrected chi connectivity index (χ0v) is 17.9. The SMILES string of the molecule is Cl.O=C(NC1CCCN(Cc2ccc(C(F)(F)F)nc2)C1)N1CCc2ccccc2C1. The summed E-state index contributed by atoms with van der Waals surface area (Å²) in [5, 5.41) is 3.15. The lowest BCUT2D eigenvalue weighted by Crippen LogP contribution is -2.52. The van der Waals surface area contributed by atoms with Crippen molar-refractivity contribution in [3.63, 3.8) is 0 Å². The molecule has 1 fully saturated rings. The molecule has 0 bridgehead atoms. The number of benzene rings is 1. The molecule has 0 saturated carbocycles. The van der Waals surface area contributed by atoms with Gasteiger partial charge < -0.3 is 10.2 Å². The number of pyridine rings is 1. The van der Waals surface area contributed by atoms with E-state index in [9.17, 15) is 18.0 Å². The lowest BCUT2D eigenvalue weighted by Gasteiger charge is -2.35. The zero-order chi connectivity index (χ0) is 21.1. The number of halogens is 4. The fraction of sp³-hybridized carbons (Fsp3) is 0.455. The molecular weight excluding hydrogens is 429 g/mol. The van der Waals surface area contributed by atoms with Crippen molar-refractivity contribution >= 4 is 18.4 Å². The van der Waals surface area contributed by atoms with E-state index in [0.29, 0.717) is 26.2 Å². The van der Waals surface area contributed by atoms with Crippen molar-refractivity contribution in [1.29, 1.82) is 0 Å². The van der Waals surface area contributed by atoms with Crippen molar-refractivity contribution in [3.8, 4) is 0 Å². The third kappa shape index (κ3) is 5.89. The molecule has 168 valence electrons. The summed E-state index contributed by atoms with van der Waals surface area (Å²) in [5.41, 5.74) is 2.36. The molecule has 31 heavy (non-hydrogen) atoms. The topological polar surface area (TPSA) is 48.5 Å². The van der Waals surface area contributed by atoms with Gasteiger partial charge in [-0.05, 0) is 48.6 Å². The minimum absolute atomic E-state index is 0. The number of hydrogen-bond donors (Lipinski definition) is 1. The third-order valence-corrected chi connectivity index (χ3v) is 5.77.